The SMILES string of the molecule is C=C(C)[C@H]1CO[C@H]2[C@H]1C[C@H](c1ccc(C)cc1)O[C@@H]2COC(=O)C(C)(C)C. The molecule has 0 amide bonds. The number of hydrogen-bond donors (Lipinski definition) is 0. The van der Waals surface area contributed by atoms with Crippen molar-refractivity contribution >= 4 is 5.97 Å². The molecule has 0 radical (unpaired) electrons. The number of carbonyl (C=O) groups is 1. The average molecular weight is 373 g/mol. The highest BCUT2D eigenvalue weighted by Crippen LogP contribution is 2.45. The van der Waals surface area contributed by atoms with Crippen LogP contribution in [0.4, 0.5) is 0 Å². The number of fused-ring (bicyclic) bond motifs is 1. The molecule has 4 heteroatoms. The van der Waals surface area contributed by atoms with E-state index >= 15 is 0 Å². The minimum atomic E-state index is -0.527. The summed E-state index contributed by atoms with van der Waals surface area (Å²) in [6.45, 7) is 14.8. The molecule has 1 aromatic carbocycles. The van der Waals surface area contributed by atoms with Gasteiger partial charge in [-0.15, -0.1) is 0 Å². The minimum Gasteiger partial charge on any atom is -0.462 e. The second-order valence-corrected chi connectivity index (χ2v) is 9.07. The lowest BCUT2D eigenvalue weighted by molar-refractivity contribution is -0.178. The van der Waals surface area contributed by atoms with Gasteiger partial charge in [0.1, 0.15) is 12.7 Å². The van der Waals surface area contributed by atoms with Gasteiger partial charge < -0.3 is 14.2 Å². The maximum atomic E-state index is 12.2. The first-order valence-electron chi connectivity index (χ1n) is 9.83. The van der Waals surface area contributed by atoms with Gasteiger partial charge in [0.05, 0.1) is 24.2 Å². The molecule has 2 aliphatic rings. The zero-order valence-corrected chi connectivity index (χ0v) is 17.2. The Morgan fingerprint density at radius 3 is 2.52 bits per heavy atom. The fourth-order valence-electron chi connectivity index (χ4n) is 3.98. The average Bonchev–Trinajstić information content (AvgIpc) is 3.03. The molecule has 3 rings (SSSR count). The minimum absolute atomic E-state index is 0.0197. The predicted octanol–water partition coefficient (Wildman–Crippen LogP) is 4.62. The number of rotatable bonds is 4. The van der Waals surface area contributed by atoms with Crippen molar-refractivity contribution in [3.05, 3.63) is 47.5 Å². The Hall–Kier alpha value is -1.65. The molecule has 2 fully saturated rings. The van der Waals surface area contributed by atoms with Crippen molar-refractivity contribution in [2.24, 2.45) is 17.3 Å². The molecule has 2 saturated heterocycles. The van der Waals surface area contributed by atoms with E-state index < -0.39 is 5.41 Å². The zero-order chi connectivity index (χ0) is 19.8. The molecule has 0 N–H and O–H groups in total. The fourth-order valence-corrected chi connectivity index (χ4v) is 3.98. The third-order valence-electron chi connectivity index (χ3n) is 5.67. The summed E-state index contributed by atoms with van der Waals surface area (Å²) in [5.41, 5.74) is 3.02. The van der Waals surface area contributed by atoms with E-state index in [2.05, 4.69) is 44.7 Å². The van der Waals surface area contributed by atoms with Gasteiger partial charge in [0.2, 0.25) is 0 Å². The highest BCUT2D eigenvalue weighted by molar-refractivity contribution is 5.75. The standard InChI is InChI=1S/C23H32O4/c1-14(2)18-12-25-21-17(18)11-19(16-9-7-15(3)8-10-16)27-20(21)13-26-22(24)23(4,5)6/h7-10,17-21H,1,11-13H2,2-6H3/t17-,18+,19+,20+,21-/m0/s1. The Morgan fingerprint density at radius 2 is 1.93 bits per heavy atom. The zero-order valence-electron chi connectivity index (χ0n) is 17.2. The van der Waals surface area contributed by atoms with Crippen molar-refractivity contribution < 1.29 is 19.0 Å². The second-order valence-electron chi connectivity index (χ2n) is 9.07. The summed E-state index contributed by atoms with van der Waals surface area (Å²) >= 11 is 0. The first kappa shape index (κ1) is 20.1. The fraction of sp³-hybridized carbons (Fsp3) is 0.609. The van der Waals surface area contributed by atoms with Crippen LogP contribution >= 0.6 is 0 Å². The van der Waals surface area contributed by atoms with E-state index in [1.54, 1.807) is 0 Å². The summed E-state index contributed by atoms with van der Waals surface area (Å²) in [5.74, 6) is 0.447. The molecule has 27 heavy (non-hydrogen) atoms. The Morgan fingerprint density at radius 1 is 1.26 bits per heavy atom. The van der Waals surface area contributed by atoms with Gasteiger partial charge in [0.15, 0.2) is 0 Å². The topological polar surface area (TPSA) is 44.8 Å². The van der Waals surface area contributed by atoms with Crippen molar-refractivity contribution in [3.63, 3.8) is 0 Å². The molecule has 4 nitrogen and oxygen atoms in total. The molecule has 2 aliphatic heterocycles. The molecule has 5 atom stereocenters. The first-order valence-corrected chi connectivity index (χ1v) is 9.83. The third-order valence-corrected chi connectivity index (χ3v) is 5.67. The number of aryl methyl sites for hydroxylation is 1. The van der Waals surface area contributed by atoms with Crippen LogP contribution in [0, 0.1) is 24.2 Å². The highest BCUT2D eigenvalue weighted by atomic mass is 16.6. The number of hydrogen-bond acceptors (Lipinski definition) is 4. The van der Waals surface area contributed by atoms with E-state index in [9.17, 15) is 4.79 Å². The molecule has 0 spiro atoms. The maximum absolute atomic E-state index is 12.2. The maximum Gasteiger partial charge on any atom is 0.311 e. The lowest BCUT2D eigenvalue weighted by atomic mass is 9.78. The molecule has 0 aliphatic carbocycles. The van der Waals surface area contributed by atoms with Gasteiger partial charge in [0.25, 0.3) is 0 Å². The molecule has 0 aromatic heterocycles. The van der Waals surface area contributed by atoms with E-state index in [1.165, 1.54) is 11.1 Å². The van der Waals surface area contributed by atoms with Gasteiger partial charge in [-0.25, -0.2) is 0 Å². The molecule has 0 bridgehead atoms. The van der Waals surface area contributed by atoms with Crippen LogP contribution < -0.4 is 0 Å². The van der Waals surface area contributed by atoms with Gasteiger partial charge >= 0.3 is 5.97 Å². The Balaban J connectivity index is 1.79. The monoisotopic (exact) mass is 372 g/mol. The normalized spacial score (nSPS) is 30.6. The van der Waals surface area contributed by atoms with E-state index in [4.69, 9.17) is 14.2 Å². The van der Waals surface area contributed by atoms with Gasteiger partial charge in [-0.1, -0.05) is 42.0 Å². The lowest BCUT2D eigenvalue weighted by Gasteiger charge is -2.39. The number of ether oxygens (including phenoxy) is 3. The van der Waals surface area contributed by atoms with Gasteiger partial charge in [0, 0.05) is 5.92 Å². The van der Waals surface area contributed by atoms with Crippen molar-refractivity contribution in [2.75, 3.05) is 13.2 Å². The van der Waals surface area contributed by atoms with Crippen LogP contribution in [0.25, 0.3) is 0 Å². The first-order chi connectivity index (χ1) is 12.7. The summed E-state index contributed by atoms with van der Waals surface area (Å²) in [6, 6.07) is 8.48. The Bertz CT molecular complexity index is 685. The van der Waals surface area contributed by atoms with Gasteiger partial charge in [-0.3, -0.25) is 4.79 Å². The molecule has 2 heterocycles. The van der Waals surface area contributed by atoms with Crippen LogP contribution in [-0.2, 0) is 19.0 Å². The van der Waals surface area contributed by atoms with Crippen LogP contribution in [0.15, 0.2) is 36.4 Å². The Labute approximate surface area is 162 Å². The van der Waals surface area contributed by atoms with Crippen molar-refractivity contribution in [2.45, 2.75) is 59.4 Å². The van der Waals surface area contributed by atoms with E-state index in [0.717, 1.165) is 12.0 Å². The predicted molar refractivity (Wildman–Crippen MR) is 105 cm³/mol. The van der Waals surface area contributed by atoms with Gasteiger partial charge in [-0.05, 0) is 52.5 Å². The van der Waals surface area contributed by atoms with Crippen LogP contribution in [0.3, 0.4) is 0 Å². The largest absolute Gasteiger partial charge is 0.462 e. The number of benzene rings is 1. The molecule has 0 saturated carbocycles. The molecule has 0 unspecified atom stereocenters. The molecular formula is C23H32O4. The second kappa shape index (κ2) is 7.76. The smallest absolute Gasteiger partial charge is 0.311 e. The van der Waals surface area contributed by atoms with Crippen molar-refractivity contribution in [3.8, 4) is 0 Å². The summed E-state index contributed by atoms with van der Waals surface area (Å²) < 4.78 is 18.1. The molecule has 1 aromatic rings. The van der Waals surface area contributed by atoms with Crippen LogP contribution in [0.5, 0.6) is 0 Å². The Kier molecular flexibility index (Phi) is 5.78. The summed E-state index contributed by atoms with van der Waals surface area (Å²) in [5, 5.41) is 0. The number of esters is 1. The van der Waals surface area contributed by atoms with Gasteiger partial charge in [-0.2, -0.15) is 0 Å². The summed E-state index contributed by atoms with van der Waals surface area (Å²) in [4.78, 5) is 12.2. The van der Waals surface area contributed by atoms with E-state index in [0.29, 0.717) is 18.4 Å². The van der Waals surface area contributed by atoms with Crippen LogP contribution in [0.1, 0.15) is 51.3 Å². The van der Waals surface area contributed by atoms with Crippen molar-refractivity contribution in [1.29, 1.82) is 0 Å². The lowest BCUT2D eigenvalue weighted by Crippen LogP contribution is -2.45. The number of carbonyl (C=O) groups excluding carboxylic acids is 1. The van der Waals surface area contributed by atoms with E-state index in [-0.39, 0.29) is 30.9 Å². The van der Waals surface area contributed by atoms with Crippen LogP contribution in [-0.4, -0.2) is 31.4 Å². The third kappa shape index (κ3) is 4.44. The molecular weight excluding hydrogens is 340 g/mol. The summed E-state index contributed by atoms with van der Waals surface area (Å²) in [6.07, 6.45) is 0.565. The quantitative estimate of drug-likeness (QED) is 0.571. The summed E-state index contributed by atoms with van der Waals surface area (Å²) in [7, 11) is 0. The van der Waals surface area contributed by atoms with E-state index in [1.807, 2.05) is 20.8 Å². The van der Waals surface area contributed by atoms with Crippen molar-refractivity contribution in [1.82, 2.24) is 0 Å². The van der Waals surface area contributed by atoms with Crippen LogP contribution in [0.2, 0.25) is 0 Å². The highest BCUT2D eigenvalue weighted by Gasteiger charge is 2.48. The molecule has 148 valence electrons.